The lowest BCUT2D eigenvalue weighted by atomic mass is 9.88. The van der Waals surface area contributed by atoms with Crippen LogP contribution < -0.4 is 4.90 Å². The van der Waals surface area contributed by atoms with E-state index in [1.54, 1.807) is 12.1 Å². The van der Waals surface area contributed by atoms with Crippen LogP contribution in [0.25, 0.3) is 0 Å². The van der Waals surface area contributed by atoms with Gasteiger partial charge in [-0.3, -0.25) is 14.5 Å². The van der Waals surface area contributed by atoms with Crippen LogP contribution in [0.5, 0.6) is 0 Å². The summed E-state index contributed by atoms with van der Waals surface area (Å²) in [6.07, 6.45) is 0.725. The third-order valence-electron chi connectivity index (χ3n) is 3.96. The highest BCUT2D eigenvalue weighted by Gasteiger charge is 2.34. The summed E-state index contributed by atoms with van der Waals surface area (Å²) in [7, 11) is 0. The van der Waals surface area contributed by atoms with Crippen molar-refractivity contribution in [3.8, 4) is 0 Å². The molecular weight excluding hydrogens is 342 g/mol. The number of aryl methyl sites for hydroxylation is 1. The van der Waals surface area contributed by atoms with Crippen molar-refractivity contribution < 1.29 is 9.59 Å². The zero-order chi connectivity index (χ0) is 15.7. The third-order valence-corrected chi connectivity index (χ3v) is 4.45. The Bertz CT molecular complexity index is 706. The first-order valence-corrected chi connectivity index (χ1v) is 8.02. The van der Waals surface area contributed by atoms with E-state index < -0.39 is 0 Å². The molecule has 0 unspecified atom stereocenters. The lowest BCUT2D eigenvalue weighted by Gasteiger charge is -2.30. The van der Waals surface area contributed by atoms with Gasteiger partial charge in [0.05, 0.1) is 5.69 Å². The van der Waals surface area contributed by atoms with Crippen molar-refractivity contribution in [3.05, 3.63) is 64.1 Å². The quantitative estimate of drug-likeness (QED) is 0.755. The van der Waals surface area contributed by atoms with Gasteiger partial charge in [-0.2, -0.15) is 0 Å². The predicted molar refractivity (Wildman–Crippen MR) is 89.8 cm³/mol. The maximum Gasteiger partial charge on any atom is 0.234 e. The fourth-order valence-corrected chi connectivity index (χ4v) is 3.18. The fourth-order valence-electron chi connectivity index (χ4n) is 2.79. The van der Waals surface area contributed by atoms with Gasteiger partial charge in [0.1, 0.15) is 0 Å². The van der Waals surface area contributed by atoms with E-state index >= 15 is 0 Å². The standard InChI is InChI=1S/C18H16BrNO2/c1-12-5-7-13(8-6-12)14-9-17(21)20(18(22)10-14)16-4-2-3-15(19)11-16/h2-8,11,14H,9-10H2,1H3. The van der Waals surface area contributed by atoms with Crippen LogP contribution in [0.1, 0.15) is 29.9 Å². The van der Waals surface area contributed by atoms with Crippen LogP contribution in [-0.4, -0.2) is 11.8 Å². The summed E-state index contributed by atoms with van der Waals surface area (Å²) in [5.41, 5.74) is 2.86. The van der Waals surface area contributed by atoms with Gasteiger partial charge in [0.25, 0.3) is 0 Å². The second-order valence-corrected chi connectivity index (χ2v) is 6.53. The molecule has 0 bridgehead atoms. The molecule has 1 aliphatic heterocycles. The van der Waals surface area contributed by atoms with Crippen molar-refractivity contribution in [1.82, 2.24) is 0 Å². The first kappa shape index (κ1) is 15.0. The second kappa shape index (κ2) is 6.05. The monoisotopic (exact) mass is 357 g/mol. The molecule has 3 rings (SSSR count). The summed E-state index contributed by atoms with van der Waals surface area (Å²) in [5.74, 6) is -0.302. The van der Waals surface area contributed by atoms with Crippen molar-refractivity contribution in [1.29, 1.82) is 0 Å². The number of rotatable bonds is 2. The number of piperidine rings is 1. The Morgan fingerprint density at radius 2 is 1.64 bits per heavy atom. The molecule has 0 saturated carbocycles. The van der Waals surface area contributed by atoms with Crippen molar-refractivity contribution in [3.63, 3.8) is 0 Å². The number of carbonyl (C=O) groups excluding carboxylic acids is 2. The van der Waals surface area contributed by atoms with Gasteiger partial charge in [0.15, 0.2) is 0 Å². The topological polar surface area (TPSA) is 37.4 Å². The Morgan fingerprint density at radius 1 is 1.00 bits per heavy atom. The predicted octanol–water partition coefficient (Wildman–Crippen LogP) is 4.19. The molecule has 0 aliphatic carbocycles. The molecule has 0 aromatic heterocycles. The van der Waals surface area contributed by atoms with Crippen LogP contribution in [0.4, 0.5) is 5.69 Å². The Hall–Kier alpha value is -1.94. The molecule has 112 valence electrons. The molecule has 1 fully saturated rings. The number of anilines is 1. The summed E-state index contributed by atoms with van der Waals surface area (Å²) in [6, 6.07) is 15.3. The molecule has 0 radical (unpaired) electrons. The average Bonchev–Trinajstić information content (AvgIpc) is 2.47. The maximum absolute atomic E-state index is 12.5. The van der Waals surface area contributed by atoms with Gasteiger partial charge < -0.3 is 0 Å². The van der Waals surface area contributed by atoms with E-state index in [2.05, 4.69) is 15.9 Å². The zero-order valence-corrected chi connectivity index (χ0v) is 13.8. The van der Waals surface area contributed by atoms with E-state index in [0.29, 0.717) is 18.5 Å². The van der Waals surface area contributed by atoms with E-state index in [0.717, 1.165) is 10.0 Å². The zero-order valence-electron chi connectivity index (χ0n) is 12.3. The maximum atomic E-state index is 12.5. The van der Waals surface area contributed by atoms with Gasteiger partial charge in [0.2, 0.25) is 11.8 Å². The van der Waals surface area contributed by atoms with E-state index in [-0.39, 0.29) is 17.7 Å². The number of amides is 2. The van der Waals surface area contributed by atoms with Crippen LogP contribution in [-0.2, 0) is 9.59 Å². The molecule has 2 amide bonds. The number of halogens is 1. The molecule has 0 spiro atoms. The van der Waals surface area contributed by atoms with E-state index in [1.807, 2.05) is 43.3 Å². The Morgan fingerprint density at radius 3 is 2.23 bits per heavy atom. The second-order valence-electron chi connectivity index (χ2n) is 5.62. The lowest BCUT2D eigenvalue weighted by molar-refractivity contribution is -0.129. The number of hydrogen-bond acceptors (Lipinski definition) is 2. The fraction of sp³-hybridized carbons (Fsp3) is 0.222. The Kier molecular flexibility index (Phi) is 4.12. The smallest absolute Gasteiger partial charge is 0.234 e. The van der Waals surface area contributed by atoms with Gasteiger partial charge in [-0.25, -0.2) is 0 Å². The summed E-state index contributed by atoms with van der Waals surface area (Å²) in [6.45, 7) is 2.02. The molecular formula is C18H16BrNO2. The van der Waals surface area contributed by atoms with E-state index in [9.17, 15) is 9.59 Å². The van der Waals surface area contributed by atoms with Gasteiger partial charge in [-0.1, -0.05) is 51.8 Å². The molecule has 3 nitrogen and oxygen atoms in total. The Labute approximate surface area is 138 Å². The van der Waals surface area contributed by atoms with Gasteiger partial charge in [-0.15, -0.1) is 0 Å². The highest BCUT2D eigenvalue weighted by atomic mass is 79.9. The van der Waals surface area contributed by atoms with E-state index in [1.165, 1.54) is 10.5 Å². The van der Waals surface area contributed by atoms with Crippen molar-refractivity contribution in [2.24, 2.45) is 0 Å². The van der Waals surface area contributed by atoms with Crippen LogP contribution in [0.2, 0.25) is 0 Å². The minimum absolute atomic E-state index is 0.0241. The molecule has 2 aromatic rings. The van der Waals surface area contributed by atoms with Crippen molar-refractivity contribution in [2.75, 3.05) is 4.90 Å². The van der Waals surface area contributed by atoms with Crippen LogP contribution in [0.3, 0.4) is 0 Å². The summed E-state index contributed by atoms with van der Waals surface area (Å²) in [4.78, 5) is 26.2. The normalized spacial score (nSPS) is 16.2. The molecule has 2 aromatic carbocycles. The molecule has 22 heavy (non-hydrogen) atoms. The van der Waals surface area contributed by atoms with Gasteiger partial charge >= 0.3 is 0 Å². The molecule has 4 heteroatoms. The SMILES string of the molecule is Cc1ccc(C2CC(=O)N(c3cccc(Br)c3)C(=O)C2)cc1. The number of nitrogens with zero attached hydrogens (tertiary/aromatic N) is 1. The van der Waals surface area contributed by atoms with E-state index in [4.69, 9.17) is 0 Å². The molecule has 1 heterocycles. The molecule has 0 N–H and O–H groups in total. The summed E-state index contributed by atoms with van der Waals surface area (Å²) in [5, 5.41) is 0. The first-order chi connectivity index (χ1) is 10.5. The van der Waals surface area contributed by atoms with Crippen LogP contribution in [0.15, 0.2) is 53.0 Å². The average molecular weight is 358 g/mol. The molecule has 1 aliphatic rings. The highest BCUT2D eigenvalue weighted by molar-refractivity contribution is 9.10. The van der Waals surface area contributed by atoms with Crippen molar-refractivity contribution in [2.45, 2.75) is 25.7 Å². The molecule has 0 atom stereocenters. The van der Waals surface area contributed by atoms with Gasteiger partial charge in [0, 0.05) is 23.2 Å². The largest absolute Gasteiger partial charge is 0.274 e. The van der Waals surface area contributed by atoms with Gasteiger partial charge in [-0.05, 0) is 30.7 Å². The number of benzene rings is 2. The highest BCUT2D eigenvalue weighted by Crippen LogP contribution is 2.33. The molecule has 1 saturated heterocycles. The first-order valence-electron chi connectivity index (χ1n) is 7.22. The lowest BCUT2D eigenvalue weighted by Crippen LogP contribution is -2.42. The van der Waals surface area contributed by atoms with Crippen LogP contribution in [0, 0.1) is 6.92 Å². The third kappa shape index (κ3) is 2.97. The Balaban J connectivity index is 1.84. The van der Waals surface area contributed by atoms with Crippen molar-refractivity contribution >= 4 is 33.4 Å². The van der Waals surface area contributed by atoms with Crippen LogP contribution >= 0.6 is 15.9 Å². The number of carbonyl (C=O) groups is 2. The minimum Gasteiger partial charge on any atom is -0.274 e. The minimum atomic E-state index is -0.139. The summed E-state index contributed by atoms with van der Waals surface area (Å²) < 4.78 is 0.853. The number of imide groups is 1. The summed E-state index contributed by atoms with van der Waals surface area (Å²) >= 11 is 3.37. The number of hydrogen-bond donors (Lipinski definition) is 0.